The first-order valence-electron chi connectivity index (χ1n) is 12.8. The second-order valence-electron chi connectivity index (χ2n) is 9.56. The molecule has 0 heterocycles. The van der Waals surface area contributed by atoms with E-state index in [1.165, 1.54) is 36.4 Å². The quantitative estimate of drug-likeness (QED) is 0.109. The standard InChI is InChI=1S/C29H22N4O9S3/c34-43(35,36)23-13-10-21(11-14-23)30-31-22-12-16-26(28(18-22)45(40,41)42)33-32-25-15-9-20(17-19-5-2-1-3-6-19)29-24(25)7-4-8-27(29)44(37,38)39/h1-16,18H,17H2,(H,34,35,36)(H,37,38,39)(H,40,41,42). The van der Waals surface area contributed by atoms with Crippen molar-refractivity contribution in [3.05, 3.63) is 114 Å². The van der Waals surface area contributed by atoms with Gasteiger partial charge in [0, 0.05) is 10.8 Å². The number of azo groups is 2. The summed E-state index contributed by atoms with van der Waals surface area (Å²) in [5, 5.41) is 16.5. The molecule has 3 N–H and O–H groups in total. The summed E-state index contributed by atoms with van der Waals surface area (Å²) in [5.41, 5.74) is 1.56. The van der Waals surface area contributed by atoms with Gasteiger partial charge in [-0.1, -0.05) is 48.5 Å². The van der Waals surface area contributed by atoms with Crippen LogP contribution in [0.3, 0.4) is 0 Å². The molecule has 0 atom stereocenters. The van der Waals surface area contributed by atoms with Gasteiger partial charge in [0.1, 0.15) is 15.5 Å². The lowest BCUT2D eigenvalue weighted by Crippen LogP contribution is -2.01. The third kappa shape index (κ3) is 7.51. The van der Waals surface area contributed by atoms with E-state index in [1.54, 1.807) is 18.2 Å². The van der Waals surface area contributed by atoms with E-state index < -0.39 is 35.2 Å². The number of hydrogen-bond acceptors (Lipinski definition) is 10. The van der Waals surface area contributed by atoms with Crippen LogP contribution in [-0.2, 0) is 36.8 Å². The highest BCUT2D eigenvalue weighted by Crippen LogP contribution is 2.37. The van der Waals surface area contributed by atoms with Crippen LogP contribution in [0.4, 0.5) is 22.7 Å². The monoisotopic (exact) mass is 666 g/mol. The lowest BCUT2D eigenvalue weighted by atomic mass is 9.97. The molecule has 5 aromatic rings. The van der Waals surface area contributed by atoms with E-state index in [1.807, 2.05) is 30.3 Å². The Morgan fingerprint density at radius 2 is 1.11 bits per heavy atom. The van der Waals surface area contributed by atoms with E-state index in [-0.39, 0.29) is 37.9 Å². The third-order valence-electron chi connectivity index (χ3n) is 6.48. The fourth-order valence-corrected chi connectivity index (χ4v) is 6.33. The highest BCUT2D eigenvalue weighted by Gasteiger charge is 2.20. The lowest BCUT2D eigenvalue weighted by molar-refractivity contribution is 0.481. The van der Waals surface area contributed by atoms with Crippen LogP contribution in [0, 0.1) is 0 Å². The molecule has 5 rings (SSSR count). The molecule has 0 radical (unpaired) electrons. The van der Waals surface area contributed by atoms with Gasteiger partial charge in [0.25, 0.3) is 30.4 Å². The highest BCUT2D eigenvalue weighted by atomic mass is 32.2. The van der Waals surface area contributed by atoms with Gasteiger partial charge in [0.05, 0.1) is 22.0 Å². The summed E-state index contributed by atoms with van der Waals surface area (Å²) in [4.78, 5) is -1.32. The molecule has 0 aliphatic rings. The van der Waals surface area contributed by atoms with Gasteiger partial charge in [-0.3, -0.25) is 13.7 Å². The molecule has 0 unspecified atom stereocenters. The fraction of sp³-hybridized carbons (Fsp3) is 0.0345. The minimum Gasteiger partial charge on any atom is -0.282 e. The summed E-state index contributed by atoms with van der Waals surface area (Å²) in [7, 11) is -13.9. The number of fused-ring (bicyclic) bond motifs is 1. The molecule has 0 spiro atoms. The third-order valence-corrected chi connectivity index (χ3v) is 9.13. The maximum absolute atomic E-state index is 12.3. The number of benzene rings is 5. The van der Waals surface area contributed by atoms with E-state index in [9.17, 15) is 34.4 Å². The van der Waals surface area contributed by atoms with Crippen molar-refractivity contribution in [2.45, 2.75) is 21.1 Å². The molecular weight excluding hydrogens is 645 g/mol. The summed E-state index contributed by atoms with van der Waals surface area (Å²) in [6.07, 6.45) is 0.342. The topological polar surface area (TPSA) is 213 Å². The Morgan fingerprint density at radius 3 is 1.76 bits per heavy atom. The minimum atomic E-state index is -4.84. The van der Waals surface area contributed by atoms with Crippen LogP contribution >= 0.6 is 0 Å². The van der Waals surface area contributed by atoms with Crippen LogP contribution in [0.25, 0.3) is 10.8 Å². The Morgan fingerprint density at radius 1 is 0.511 bits per heavy atom. The normalized spacial score (nSPS) is 12.8. The predicted molar refractivity (Wildman–Crippen MR) is 164 cm³/mol. The molecule has 45 heavy (non-hydrogen) atoms. The second kappa shape index (κ2) is 12.4. The van der Waals surface area contributed by atoms with E-state index in [0.29, 0.717) is 17.4 Å². The van der Waals surface area contributed by atoms with E-state index in [4.69, 9.17) is 4.55 Å². The second-order valence-corrected chi connectivity index (χ2v) is 13.8. The van der Waals surface area contributed by atoms with Crippen LogP contribution in [0.2, 0.25) is 0 Å². The Bertz CT molecular complexity index is 2310. The smallest absolute Gasteiger partial charge is 0.282 e. The van der Waals surface area contributed by atoms with Gasteiger partial charge in [-0.15, -0.1) is 10.2 Å². The van der Waals surface area contributed by atoms with E-state index >= 15 is 0 Å². The Labute approximate surface area is 257 Å². The zero-order valence-corrected chi connectivity index (χ0v) is 25.3. The Hall–Kier alpha value is -4.71. The molecule has 0 saturated carbocycles. The van der Waals surface area contributed by atoms with Crippen molar-refractivity contribution in [2.75, 3.05) is 0 Å². The van der Waals surface area contributed by atoms with Crippen LogP contribution in [0.5, 0.6) is 0 Å². The minimum absolute atomic E-state index is 0.00561. The molecule has 13 nitrogen and oxygen atoms in total. The van der Waals surface area contributed by atoms with Gasteiger partial charge >= 0.3 is 0 Å². The molecular formula is C29H22N4O9S3. The van der Waals surface area contributed by atoms with Gasteiger partial charge in [0.15, 0.2) is 0 Å². The van der Waals surface area contributed by atoms with Gasteiger partial charge in [-0.25, -0.2) is 0 Å². The first-order valence-corrected chi connectivity index (χ1v) is 17.1. The van der Waals surface area contributed by atoms with Crippen molar-refractivity contribution in [3.8, 4) is 0 Å². The van der Waals surface area contributed by atoms with Crippen LogP contribution in [-0.4, -0.2) is 38.9 Å². The van der Waals surface area contributed by atoms with Crippen molar-refractivity contribution in [1.29, 1.82) is 0 Å². The van der Waals surface area contributed by atoms with Gasteiger partial charge in [-0.05, 0) is 72.1 Å². The van der Waals surface area contributed by atoms with Crippen LogP contribution < -0.4 is 0 Å². The van der Waals surface area contributed by atoms with Crippen molar-refractivity contribution < 1.29 is 38.9 Å². The zero-order chi connectivity index (χ0) is 32.4. The Kier molecular flexibility index (Phi) is 8.70. The first-order chi connectivity index (χ1) is 21.2. The number of rotatable bonds is 9. The summed E-state index contributed by atoms with van der Waals surface area (Å²) < 4.78 is 100. The summed E-state index contributed by atoms with van der Waals surface area (Å²) >= 11 is 0. The molecule has 230 valence electrons. The van der Waals surface area contributed by atoms with Gasteiger partial charge < -0.3 is 0 Å². The van der Waals surface area contributed by atoms with E-state index in [0.717, 1.165) is 23.8 Å². The molecule has 0 aliphatic carbocycles. The highest BCUT2D eigenvalue weighted by molar-refractivity contribution is 7.86. The molecule has 0 fully saturated rings. The summed E-state index contributed by atoms with van der Waals surface area (Å²) in [6, 6.07) is 25.0. The first kappa shape index (κ1) is 31.7. The van der Waals surface area contributed by atoms with Crippen molar-refractivity contribution in [2.24, 2.45) is 20.5 Å². The van der Waals surface area contributed by atoms with Gasteiger partial charge in [-0.2, -0.15) is 35.5 Å². The maximum atomic E-state index is 12.3. The lowest BCUT2D eigenvalue weighted by Gasteiger charge is -2.12. The fourth-order valence-electron chi connectivity index (χ4n) is 4.46. The molecule has 0 aliphatic heterocycles. The molecule has 0 amide bonds. The number of nitrogens with zero attached hydrogens (tertiary/aromatic N) is 4. The molecule has 0 bridgehead atoms. The Balaban J connectivity index is 1.53. The van der Waals surface area contributed by atoms with E-state index in [2.05, 4.69) is 20.5 Å². The van der Waals surface area contributed by atoms with Crippen molar-refractivity contribution in [3.63, 3.8) is 0 Å². The van der Waals surface area contributed by atoms with Gasteiger partial charge in [0.2, 0.25) is 0 Å². The molecule has 16 heteroatoms. The summed E-state index contributed by atoms with van der Waals surface area (Å²) in [5.74, 6) is 0. The number of hydrogen-bond donors (Lipinski definition) is 3. The average Bonchev–Trinajstić information content (AvgIpc) is 2.99. The largest absolute Gasteiger partial charge is 0.296 e. The maximum Gasteiger partial charge on any atom is 0.296 e. The average molecular weight is 667 g/mol. The van der Waals surface area contributed by atoms with Crippen LogP contribution in [0.1, 0.15) is 11.1 Å². The molecule has 5 aromatic carbocycles. The zero-order valence-electron chi connectivity index (χ0n) is 22.8. The summed E-state index contributed by atoms with van der Waals surface area (Å²) in [6.45, 7) is 0. The SMILES string of the molecule is O=S(=O)(O)c1ccc(N=Nc2ccc(N=Nc3ccc(Cc4ccccc4)c4c(S(=O)(=O)O)cccc34)c(S(=O)(=O)O)c2)cc1. The van der Waals surface area contributed by atoms with Crippen molar-refractivity contribution >= 4 is 63.9 Å². The van der Waals surface area contributed by atoms with Crippen molar-refractivity contribution in [1.82, 2.24) is 0 Å². The predicted octanol–water partition coefficient (Wildman–Crippen LogP) is 7.00. The van der Waals surface area contributed by atoms with Crippen LogP contribution in [0.15, 0.2) is 138 Å². The molecule has 0 aromatic heterocycles. The molecule has 0 saturated heterocycles.